The molecule has 0 N–H and O–H groups in total. The Kier molecular flexibility index (Phi) is 4.59. The SMILES string of the molecule is CC=C(C=C(C)C)CC(=O)ON1C(=O)C=CC1=O. The van der Waals surface area contributed by atoms with Gasteiger partial charge in [0.1, 0.15) is 0 Å². The van der Waals surface area contributed by atoms with Gasteiger partial charge < -0.3 is 4.84 Å². The second-order valence-electron chi connectivity index (χ2n) is 4.03. The maximum atomic E-state index is 11.6. The van der Waals surface area contributed by atoms with Crippen LogP contribution in [0.15, 0.2) is 35.5 Å². The number of carbonyl (C=O) groups is 3. The van der Waals surface area contributed by atoms with Crippen LogP contribution in [0, 0.1) is 0 Å². The minimum absolute atomic E-state index is 0.0126. The van der Waals surface area contributed by atoms with Gasteiger partial charge in [-0.05, 0) is 26.3 Å². The minimum Gasteiger partial charge on any atom is -0.329 e. The van der Waals surface area contributed by atoms with Crippen molar-refractivity contribution < 1.29 is 19.2 Å². The summed E-state index contributed by atoms with van der Waals surface area (Å²) in [4.78, 5) is 38.6. The van der Waals surface area contributed by atoms with E-state index >= 15 is 0 Å². The average Bonchev–Trinajstić information content (AvgIpc) is 2.59. The van der Waals surface area contributed by atoms with E-state index in [-0.39, 0.29) is 6.42 Å². The van der Waals surface area contributed by atoms with Crippen LogP contribution in [0.3, 0.4) is 0 Å². The molecule has 0 radical (unpaired) electrons. The van der Waals surface area contributed by atoms with E-state index in [2.05, 4.69) is 0 Å². The summed E-state index contributed by atoms with van der Waals surface area (Å²) in [5, 5.41) is 0.456. The Bertz CT molecular complexity index is 449. The monoisotopic (exact) mass is 249 g/mol. The van der Waals surface area contributed by atoms with E-state index in [9.17, 15) is 14.4 Å². The maximum Gasteiger partial charge on any atom is 0.337 e. The lowest BCUT2D eigenvalue weighted by Crippen LogP contribution is -2.32. The van der Waals surface area contributed by atoms with E-state index < -0.39 is 17.8 Å². The molecule has 18 heavy (non-hydrogen) atoms. The van der Waals surface area contributed by atoms with Crippen LogP contribution in [0.1, 0.15) is 27.2 Å². The van der Waals surface area contributed by atoms with Gasteiger partial charge in [-0.3, -0.25) is 9.59 Å². The van der Waals surface area contributed by atoms with Crippen molar-refractivity contribution in [1.29, 1.82) is 0 Å². The largest absolute Gasteiger partial charge is 0.337 e. The lowest BCUT2D eigenvalue weighted by atomic mass is 10.1. The van der Waals surface area contributed by atoms with Crippen molar-refractivity contribution in [3.63, 3.8) is 0 Å². The number of allylic oxidation sites excluding steroid dienone is 3. The summed E-state index contributed by atoms with van der Waals surface area (Å²) >= 11 is 0. The van der Waals surface area contributed by atoms with Gasteiger partial charge in [0.15, 0.2) is 0 Å². The highest BCUT2D eigenvalue weighted by molar-refractivity contribution is 6.12. The smallest absolute Gasteiger partial charge is 0.329 e. The molecule has 96 valence electrons. The Balaban J connectivity index is 2.60. The topological polar surface area (TPSA) is 63.7 Å². The molecule has 2 amide bonds. The highest BCUT2D eigenvalue weighted by atomic mass is 16.7. The molecule has 0 aliphatic carbocycles. The van der Waals surface area contributed by atoms with Crippen LogP contribution >= 0.6 is 0 Å². The normalized spacial score (nSPS) is 15.1. The summed E-state index contributed by atoms with van der Waals surface area (Å²) in [6, 6.07) is 0. The first kappa shape index (κ1) is 13.9. The zero-order valence-corrected chi connectivity index (χ0v) is 10.6. The van der Waals surface area contributed by atoms with Gasteiger partial charge in [-0.25, -0.2) is 4.79 Å². The van der Waals surface area contributed by atoms with Gasteiger partial charge in [0, 0.05) is 12.2 Å². The molecule has 1 rings (SSSR count). The quantitative estimate of drug-likeness (QED) is 0.561. The molecule has 1 aliphatic rings. The molecule has 1 heterocycles. The van der Waals surface area contributed by atoms with Crippen molar-refractivity contribution in [3.8, 4) is 0 Å². The Morgan fingerprint density at radius 2 is 1.83 bits per heavy atom. The summed E-state index contributed by atoms with van der Waals surface area (Å²) in [6.45, 7) is 5.62. The first-order chi connectivity index (χ1) is 8.43. The summed E-state index contributed by atoms with van der Waals surface area (Å²) < 4.78 is 0. The predicted molar refractivity (Wildman–Crippen MR) is 64.9 cm³/mol. The van der Waals surface area contributed by atoms with E-state index in [1.165, 1.54) is 0 Å². The number of nitrogens with zero attached hydrogens (tertiary/aromatic N) is 1. The molecule has 0 saturated carbocycles. The second-order valence-corrected chi connectivity index (χ2v) is 4.03. The van der Waals surface area contributed by atoms with Crippen molar-refractivity contribution in [2.45, 2.75) is 27.2 Å². The van der Waals surface area contributed by atoms with Crippen LogP contribution in [0.5, 0.6) is 0 Å². The Morgan fingerprint density at radius 3 is 2.28 bits per heavy atom. The minimum atomic E-state index is -0.647. The van der Waals surface area contributed by atoms with Crippen molar-refractivity contribution in [2.24, 2.45) is 0 Å². The van der Waals surface area contributed by atoms with Crippen molar-refractivity contribution in [1.82, 2.24) is 5.06 Å². The van der Waals surface area contributed by atoms with E-state index in [4.69, 9.17) is 4.84 Å². The van der Waals surface area contributed by atoms with Crippen molar-refractivity contribution >= 4 is 17.8 Å². The highest BCUT2D eigenvalue weighted by Crippen LogP contribution is 2.11. The zero-order valence-electron chi connectivity index (χ0n) is 10.6. The van der Waals surface area contributed by atoms with Crippen LogP contribution in [0.4, 0.5) is 0 Å². The Hall–Kier alpha value is -2.17. The highest BCUT2D eigenvalue weighted by Gasteiger charge is 2.27. The third-order valence-electron chi connectivity index (χ3n) is 2.16. The van der Waals surface area contributed by atoms with Gasteiger partial charge in [0.2, 0.25) is 0 Å². The number of hydrogen-bond donors (Lipinski definition) is 0. The van der Waals surface area contributed by atoms with E-state index in [0.29, 0.717) is 5.06 Å². The summed E-state index contributed by atoms with van der Waals surface area (Å²) in [6.07, 6.45) is 5.75. The van der Waals surface area contributed by atoms with Gasteiger partial charge >= 0.3 is 5.97 Å². The first-order valence-corrected chi connectivity index (χ1v) is 5.51. The van der Waals surface area contributed by atoms with Gasteiger partial charge in [-0.1, -0.05) is 22.8 Å². The van der Waals surface area contributed by atoms with Crippen LogP contribution in [0.2, 0.25) is 0 Å². The molecule has 0 aromatic heterocycles. The third-order valence-corrected chi connectivity index (χ3v) is 2.16. The molecule has 0 saturated heterocycles. The van der Waals surface area contributed by atoms with Gasteiger partial charge in [0.25, 0.3) is 11.8 Å². The first-order valence-electron chi connectivity index (χ1n) is 5.51. The maximum absolute atomic E-state index is 11.6. The fourth-order valence-electron chi connectivity index (χ4n) is 1.38. The van der Waals surface area contributed by atoms with Crippen LogP contribution in [-0.2, 0) is 19.2 Å². The van der Waals surface area contributed by atoms with Crippen LogP contribution < -0.4 is 0 Å². The molecule has 5 heteroatoms. The molecule has 0 aromatic carbocycles. The number of hydrogen-bond acceptors (Lipinski definition) is 4. The second kappa shape index (κ2) is 5.95. The number of imide groups is 1. The predicted octanol–water partition coefficient (Wildman–Crippen LogP) is 1.67. The van der Waals surface area contributed by atoms with E-state index in [1.54, 1.807) is 13.0 Å². The summed E-state index contributed by atoms with van der Waals surface area (Å²) in [5.74, 6) is -1.93. The molecular formula is C13H15NO4. The van der Waals surface area contributed by atoms with E-state index in [0.717, 1.165) is 23.3 Å². The summed E-state index contributed by atoms with van der Waals surface area (Å²) in [5.41, 5.74) is 1.82. The fourth-order valence-corrected chi connectivity index (χ4v) is 1.38. The molecule has 0 spiro atoms. The molecule has 1 aliphatic heterocycles. The lowest BCUT2D eigenvalue weighted by molar-refractivity contribution is -0.195. The molecule has 5 nitrogen and oxygen atoms in total. The molecular weight excluding hydrogens is 234 g/mol. The zero-order chi connectivity index (χ0) is 13.7. The van der Waals surface area contributed by atoms with E-state index in [1.807, 2.05) is 19.9 Å². The van der Waals surface area contributed by atoms with Gasteiger partial charge in [-0.15, -0.1) is 0 Å². The number of hydroxylamine groups is 2. The third kappa shape index (κ3) is 3.69. The fraction of sp³-hybridized carbons (Fsp3) is 0.308. The number of rotatable bonds is 4. The van der Waals surface area contributed by atoms with Crippen molar-refractivity contribution in [3.05, 3.63) is 35.5 Å². The number of amides is 2. The molecule has 0 aromatic rings. The number of carbonyl (C=O) groups excluding carboxylic acids is 3. The average molecular weight is 249 g/mol. The molecule has 0 bridgehead atoms. The van der Waals surface area contributed by atoms with Crippen LogP contribution in [0.25, 0.3) is 0 Å². The van der Waals surface area contributed by atoms with Crippen molar-refractivity contribution in [2.75, 3.05) is 0 Å². The standard InChI is InChI=1S/C13H15NO4/c1-4-10(7-9(2)3)8-13(17)18-14-11(15)5-6-12(14)16/h4-7H,8H2,1-3H3. The Labute approximate surface area is 105 Å². The van der Waals surface area contributed by atoms with Crippen LogP contribution in [-0.4, -0.2) is 22.8 Å². The Morgan fingerprint density at radius 1 is 1.28 bits per heavy atom. The molecule has 0 fully saturated rings. The molecule has 0 unspecified atom stereocenters. The van der Waals surface area contributed by atoms with Gasteiger partial charge in [-0.2, -0.15) is 0 Å². The summed E-state index contributed by atoms with van der Waals surface area (Å²) in [7, 11) is 0. The molecule has 0 atom stereocenters. The van der Waals surface area contributed by atoms with Gasteiger partial charge in [0.05, 0.1) is 6.42 Å². The lowest BCUT2D eigenvalue weighted by Gasteiger charge is -2.12.